The predicted molar refractivity (Wildman–Crippen MR) is 98.9 cm³/mol. The SMILES string of the molecule is C/N=C(\c1ccccc1)c1ccccc1Nc1ccccc1C. The molecule has 0 aromatic heterocycles. The molecule has 3 aromatic rings. The smallest absolute Gasteiger partial charge is 0.0736 e. The largest absolute Gasteiger partial charge is 0.355 e. The lowest BCUT2D eigenvalue weighted by Gasteiger charge is -2.15. The monoisotopic (exact) mass is 300 g/mol. The van der Waals surface area contributed by atoms with Gasteiger partial charge in [-0.25, -0.2) is 0 Å². The number of hydrogen-bond acceptors (Lipinski definition) is 2. The van der Waals surface area contributed by atoms with Crippen LogP contribution in [0.25, 0.3) is 0 Å². The molecular weight excluding hydrogens is 280 g/mol. The summed E-state index contributed by atoms with van der Waals surface area (Å²) in [6.45, 7) is 2.11. The second kappa shape index (κ2) is 6.93. The molecule has 0 radical (unpaired) electrons. The maximum absolute atomic E-state index is 4.53. The van der Waals surface area contributed by atoms with Crippen molar-refractivity contribution in [1.29, 1.82) is 0 Å². The Labute approximate surface area is 137 Å². The summed E-state index contributed by atoms with van der Waals surface area (Å²) in [5, 5.41) is 3.54. The van der Waals surface area contributed by atoms with Crippen LogP contribution in [0.15, 0.2) is 83.9 Å². The van der Waals surface area contributed by atoms with Crippen molar-refractivity contribution in [1.82, 2.24) is 0 Å². The van der Waals surface area contributed by atoms with Gasteiger partial charge in [0.15, 0.2) is 0 Å². The molecule has 114 valence electrons. The Kier molecular flexibility index (Phi) is 4.53. The molecule has 0 aliphatic heterocycles. The molecule has 0 saturated heterocycles. The number of anilines is 2. The number of nitrogens with one attached hydrogen (secondary N) is 1. The van der Waals surface area contributed by atoms with Gasteiger partial charge in [0.05, 0.1) is 5.71 Å². The maximum Gasteiger partial charge on any atom is 0.0736 e. The number of hydrogen-bond donors (Lipinski definition) is 1. The second-order valence-corrected chi connectivity index (χ2v) is 5.42. The van der Waals surface area contributed by atoms with Gasteiger partial charge in [-0.3, -0.25) is 4.99 Å². The average Bonchev–Trinajstić information content (AvgIpc) is 2.60. The van der Waals surface area contributed by atoms with Gasteiger partial charge < -0.3 is 5.32 Å². The standard InChI is InChI=1S/C21H20N2/c1-16-10-6-8-14-19(16)23-20-15-9-7-13-18(20)21(22-2)17-11-4-3-5-12-17/h3-15,23H,1-2H3/b22-21+. The van der Waals surface area contributed by atoms with E-state index in [-0.39, 0.29) is 0 Å². The third kappa shape index (κ3) is 3.32. The van der Waals surface area contributed by atoms with Gasteiger partial charge in [-0.1, -0.05) is 66.7 Å². The lowest BCUT2D eigenvalue weighted by Crippen LogP contribution is -2.07. The third-order valence-corrected chi connectivity index (χ3v) is 3.87. The highest BCUT2D eigenvalue weighted by Crippen LogP contribution is 2.25. The Bertz CT molecular complexity index is 820. The van der Waals surface area contributed by atoms with Crippen LogP contribution in [0, 0.1) is 6.92 Å². The van der Waals surface area contributed by atoms with Crippen LogP contribution in [-0.4, -0.2) is 12.8 Å². The van der Waals surface area contributed by atoms with E-state index in [1.165, 1.54) is 5.56 Å². The van der Waals surface area contributed by atoms with Crippen LogP contribution < -0.4 is 5.32 Å². The summed E-state index contributed by atoms with van der Waals surface area (Å²) >= 11 is 0. The molecule has 0 saturated carbocycles. The number of rotatable bonds is 4. The molecular formula is C21H20N2. The van der Waals surface area contributed by atoms with Crippen LogP contribution in [0.3, 0.4) is 0 Å². The first-order chi connectivity index (χ1) is 11.3. The zero-order valence-electron chi connectivity index (χ0n) is 13.5. The number of aryl methyl sites for hydroxylation is 1. The number of para-hydroxylation sites is 2. The van der Waals surface area contributed by atoms with Crippen molar-refractivity contribution in [2.45, 2.75) is 6.92 Å². The highest BCUT2D eigenvalue weighted by atomic mass is 14.9. The Morgan fingerprint density at radius 2 is 1.35 bits per heavy atom. The molecule has 0 spiro atoms. The van der Waals surface area contributed by atoms with Crippen molar-refractivity contribution >= 4 is 17.1 Å². The van der Waals surface area contributed by atoms with E-state index in [2.05, 4.69) is 59.7 Å². The fraction of sp³-hybridized carbons (Fsp3) is 0.0952. The zero-order valence-corrected chi connectivity index (χ0v) is 13.5. The molecule has 0 aliphatic rings. The van der Waals surface area contributed by atoms with Crippen molar-refractivity contribution < 1.29 is 0 Å². The van der Waals surface area contributed by atoms with Gasteiger partial charge in [-0.05, 0) is 24.6 Å². The van der Waals surface area contributed by atoms with Crippen LogP contribution in [-0.2, 0) is 0 Å². The van der Waals surface area contributed by atoms with Crippen LogP contribution in [0.1, 0.15) is 16.7 Å². The van der Waals surface area contributed by atoms with Gasteiger partial charge in [0.1, 0.15) is 0 Å². The quantitative estimate of drug-likeness (QED) is 0.657. The molecule has 1 N–H and O–H groups in total. The van der Waals surface area contributed by atoms with E-state index in [1.807, 2.05) is 43.4 Å². The summed E-state index contributed by atoms with van der Waals surface area (Å²) in [6, 6.07) is 26.9. The van der Waals surface area contributed by atoms with E-state index in [1.54, 1.807) is 0 Å². The molecule has 23 heavy (non-hydrogen) atoms. The summed E-state index contributed by atoms with van der Waals surface area (Å²) in [6.07, 6.45) is 0. The normalized spacial score (nSPS) is 11.3. The number of aliphatic imine (C=N–C) groups is 1. The molecule has 0 heterocycles. The number of nitrogens with zero attached hydrogens (tertiary/aromatic N) is 1. The second-order valence-electron chi connectivity index (χ2n) is 5.42. The van der Waals surface area contributed by atoms with Crippen LogP contribution in [0.4, 0.5) is 11.4 Å². The molecule has 2 nitrogen and oxygen atoms in total. The van der Waals surface area contributed by atoms with Crippen molar-refractivity contribution in [3.8, 4) is 0 Å². The number of benzene rings is 3. The summed E-state index contributed by atoms with van der Waals surface area (Å²) in [4.78, 5) is 4.53. The Morgan fingerprint density at radius 1 is 0.739 bits per heavy atom. The minimum absolute atomic E-state index is 0.988. The average molecular weight is 300 g/mol. The van der Waals surface area contributed by atoms with Gasteiger partial charge in [0, 0.05) is 29.5 Å². The van der Waals surface area contributed by atoms with Gasteiger partial charge in [0.25, 0.3) is 0 Å². The van der Waals surface area contributed by atoms with E-state index in [9.17, 15) is 0 Å². The van der Waals surface area contributed by atoms with Crippen molar-refractivity contribution in [3.05, 3.63) is 95.6 Å². The van der Waals surface area contributed by atoms with Gasteiger partial charge >= 0.3 is 0 Å². The molecule has 3 aromatic carbocycles. The highest BCUT2D eigenvalue weighted by Gasteiger charge is 2.11. The Hall–Kier alpha value is -2.87. The van der Waals surface area contributed by atoms with E-state index < -0.39 is 0 Å². The van der Waals surface area contributed by atoms with E-state index in [0.29, 0.717) is 0 Å². The van der Waals surface area contributed by atoms with Crippen molar-refractivity contribution in [2.75, 3.05) is 12.4 Å². The summed E-state index contributed by atoms with van der Waals surface area (Å²) in [5.41, 5.74) is 6.60. The first kappa shape index (κ1) is 15.0. The molecule has 0 amide bonds. The summed E-state index contributed by atoms with van der Waals surface area (Å²) < 4.78 is 0. The lowest BCUT2D eigenvalue weighted by atomic mass is 10.00. The Morgan fingerprint density at radius 3 is 2.04 bits per heavy atom. The third-order valence-electron chi connectivity index (χ3n) is 3.87. The molecule has 0 fully saturated rings. The van der Waals surface area contributed by atoms with E-state index >= 15 is 0 Å². The van der Waals surface area contributed by atoms with Gasteiger partial charge in [0.2, 0.25) is 0 Å². The predicted octanol–water partition coefficient (Wildman–Crippen LogP) is 5.21. The fourth-order valence-corrected chi connectivity index (χ4v) is 2.66. The molecule has 3 rings (SSSR count). The van der Waals surface area contributed by atoms with Crippen LogP contribution in [0.5, 0.6) is 0 Å². The lowest BCUT2D eigenvalue weighted by molar-refractivity contribution is 1.39. The topological polar surface area (TPSA) is 24.4 Å². The summed E-state index contributed by atoms with van der Waals surface area (Å²) in [5.74, 6) is 0. The van der Waals surface area contributed by atoms with E-state index in [4.69, 9.17) is 0 Å². The van der Waals surface area contributed by atoms with Gasteiger partial charge in [-0.2, -0.15) is 0 Å². The zero-order chi connectivity index (χ0) is 16.1. The molecule has 0 bridgehead atoms. The molecule has 0 unspecified atom stereocenters. The first-order valence-corrected chi connectivity index (χ1v) is 7.74. The minimum Gasteiger partial charge on any atom is -0.355 e. The summed E-state index contributed by atoms with van der Waals surface area (Å²) in [7, 11) is 1.84. The Balaban J connectivity index is 2.03. The highest BCUT2D eigenvalue weighted by molar-refractivity contribution is 6.16. The fourth-order valence-electron chi connectivity index (χ4n) is 2.66. The van der Waals surface area contributed by atoms with Crippen LogP contribution in [0.2, 0.25) is 0 Å². The van der Waals surface area contributed by atoms with Crippen molar-refractivity contribution in [2.24, 2.45) is 4.99 Å². The van der Waals surface area contributed by atoms with Crippen molar-refractivity contribution in [3.63, 3.8) is 0 Å². The maximum atomic E-state index is 4.53. The van der Waals surface area contributed by atoms with Gasteiger partial charge in [-0.15, -0.1) is 0 Å². The molecule has 0 atom stereocenters. The first-order valence-electron chi connectivity index (χ1n) is 7.74. The van der Waals surface area contributed by atoms with E-state index in [0.717, 1.165) is 28.2 Å². The minimum atomic E-state index is 0.988. The molecule has 0 aliphatic carbocycles. The molecule has 2 heteroatoms. The van der Waals surface area contributed by atoms with Crippen LogP contribution >= 0.6 is 0 Å².